The average Bonchev–Trinajstić information content (AvgIpc) is 3.14. The topological polar surface area (TPSA) is 75.0 Å². The summed E-state index contributed by atoms with van der Waals surface area (Å²) in [6.45, 7) is 2.74. The van der Waals surface area contributed by atoms with E-state index in [4.69, 9.17) is 5.73 Å². The number of nitrogens with two attached hydrogens (primary N) is 1. The Morgan fingerprint density at radius 2 is 2.19 bits per heavy atom. The van der Waals surface area contributed by atoms with Crippen molar-refractivity contribution in [1.82, 2.24) is 15.1 Å². The van der Waals surface area contributed by atoms with E-state index in [1.807, 2.05) is 30.0 Å². The van der Waals surface area contributed by atoms with Crippen molar-refractivity contribution in [2.24, 2.45) is 0 Å². The molecule has 1 saturated heterocycles. The number of nitrogen functional groups attached to an aromatic ring is 1. The first-order valence-electron chi connectivity index (χ1n) is 7.41. The average molecular weight is 284 g/mol. The van der Waals surface area contributed by atoms with Gasteiger partial charge in [-0.15, -0.1) is 0 Å². The Hall–Kier alpha value is -2.30. The molecule has 0 aliphatic carbocycles. The Bertz CT molecular complexity index is 635. The minimum absolute atomic E-state index is 0.0743. The molecular weight excluding hydrogens is 264 g/mol. The largest absolute Gasteiger partial charge is 0.395 e. The molecule has 0 spiro atoms. The smallest absolute Gasteiger partial charge is 0.277 e. The van der Waals surface area contributed by atoms with Crippen molar-refractivity contribution in [3.05, 3.63) is 47.3 Å². The van der Waals surface area contributed by atoms with Crippen LogP contribution in [0.2, 0.25) is 0 Å². The third-order valence-corrected chi connectivity index (χ3v) is 4.14. The zero-order valence-electron chi connectivity index (χ0n) is 12.2. The number of anilines is 1. The maximum absolute atomic E-state index is 12.7. The van der Waals surface area contributed by atoms with Gasteiger partial charge in [-0.2, -0.15) is 5.10 Å². The fraction of sp³-hybridized carbons (Fsp3) is 0.375. The van der Waals surface area contributed by atoms with Crippen molar-refractivity contribution >= 4 is 11.6 Å². The van der Waals surface area contributed by atoms with Crippen LogP contribution in [-0.2, 0) is 6.42 Å². The van der Waals surface area contributed by atoms with Gasteiger partial charge in [0.05, 0.1) is 17.4 Å². The van der Waals surface area contributed by atoms with E-state index in [2.05, 4.69) is 22.3 Å². The highest BCUT2D eigenvalue weighted by Gasteiger charge is 2.32. The van der Waals surface area contributed by atoms with Crippen LogP contribution in [0.5, 0.6) is 0 Å². The lowest BCUT2D eigenvalue weighted by Crippen LogP contribution is -2.31. The number of carbonyl (C=O) groups excluding carboxylic acids is 1. The number of hydrogen-bond acceptors (Lipinski definition) is 3. The van der Waals surface area contributed by atoms with Gasteiger partial charge in [0.1, 0.15) is 0 Å². The number of H-pyrrole nitrogens is 1. The normalized spacial score (nSPS) is 18.1. The van der Waals surface area contributed by atoms with Crippen LogP contribution in [0.25, 0.3) is 0 Å². The molecule has 3 N–H and O–H groups in total. The summed E-state index contributed by atoms with van der Waals surface area (Å²) in [5.41, 5.74) is 8.87. The highest BCUT2D eigenvalue weighted by atomic mass is 16.2. The maximum Gasteiger partial charge on any atom is 0.277 e. The molecule has 0 saturated carbocycles. The summed E-state index contributed by atoms with van der Waals surface area (Å²) < 4.78 is 0. The molecule has 2 aromatic rings. The molecule has 1 aliphatic heterocycles. The highest BCUT2D eigenvalue weighted by molar-refractivity contribution is 5.98. The standard InChI is InChI=1S/C16H20N4O/c1-2-12-14(17)15(19-18-12)16(21)20-10-6-9-13(20)11-7-4-3-5-8-11/h3-5,7-8,13H,2,6,9-10,17H2,1H3,(H,18,19). The van der Waals surface area contributed by atoms with Gasteiger partial charge in [-0.25, -0.2) is 0 Å². The van der Waals surface area contributed by atoms with Gasteiger partial charge in [-0.1, -0.05) is 37.3 Å². The Morgan fingerprint density at radius 1 is 1.43 bits per heavy atom. The van der Waals surface area contributed by atoms with Crippen LogP contribution in [0.1, 0.15) is 47.6 Å². The third kappa shape index (κ3) is 2.39. The molecular formula is C16H20N4O. The number of amides is 1. The second-order valence-corrected chi connectivity index (χ2v) is 5.39. The lowest BCUT2D eigenvalue weighted by Gasteiger charge is -2.24. The van der Waals surface area contributed by atoms with E-state index in [1.165, 1.54) is 5.56 Å². The van der Waals surface area contributed by atoms with E-state index in [-0.39, 0.29) is 11.9 Å². The predicted molar refractivity (Wildman–Crippen MR) is 81.8 cm³/mol. The number of aryl methyl sites for hydroxylation is 1. The van der Waals surface area contributed by atoms with E-state index in [1.54, 1.807) is 0 Å². The summed E-state index contributed by atoms with van der Waals surface area (Å²) in [7, 11) is 0. The molecule has 1 atom stereocenters. The second kappa shape index (κ2) is 5.60. The fourth-order valence-corrected chi connectivity index (χ4v) is 2.99. The molecule has 3 rings (SSSR count). The van der Waals surface area contributed by atoms with Crippen LogP contribution in [0.3, 0.4) is 0 Å². The summed E-state index contributed by atoms with van der Waals surface area (Å²) in [5, 5.41) is 6.98. The van der Waals surface area contributed by atoms with E-state index < -0.39 is 0 Å². The molecule has 21 heavy (non-hydrogen) atoms. The summed E-state index contributed by atoms with van der Waals surface area (Å²) in [4.78, 5) is 14.6. The highest BCUT2D eigenvalue weighted by Crippen LogP contribution is 2.33. The van der Waals surface area contributed by atoms with Gasteiger partial charge in [-0.3, -0.25) is 9.89 Å². The van der Waals surface area contributed by atoms with Crippen LogP contribution >= 0.6 is 0 Å². The summed E-state index contributed by atoms with van der Waals surface area (Å²) in [6.07, 6.45) is 2.74. The van der Waals surface area contributed by atoms with Gasteiger partial charge in [0.25, 0.3) is 5.91 Å². The molecule has 1 amide bonds. The number of likely N-dealkylation sites (tertiary alicyclic amines) is 1. The lowest BCUT2D eigenvalue weighted by atomic mass is 10.0. The van der Waals surface area contributed by atoms with Gasteiger partial charge < -0.3 is 10.6 Å². The molecule has 1 unspecified atom stereocenters. The van der Waals surface area contributed by atoms with Crippen LogP contribution in [0, 0.1) is 0 Å². The number of nitrogens with zero attached hydrogens (tertiary/aromatic N) is 2. The van der Waals surface area contributed by atoms with Gasteiger partial charge >= 0.3 is 0 Å². The lowest BCUT2D eigenvalue weighted by molar-refractivity contribution is 0.0730. The molecule has 1 aliphatic rings. The zero-order valence-corrected chi connectivity index (χ0v) is 12.2. The third-order valence-electron chi connectivity index (χ3n) is 4.14. The molecule has 0 bridgehead atoms. The Morgan fingerprint density at radius 3 is 2.86 bits per heavy atom. The minimum atomic E-state index is -0.0743. The summed E-state index contributed by atoms with van der Waals surface area (Å²) in [5.74, 6) is -0.0743. The number of carbonyl (C=O) groups is 1. The first kappa shape index (κ1) is 13.7. The minimum Gasteiger partial charge on any atom is -0.395 e. The first-order chi connectivity index (χ1) is 10.2. The van der Waals surface area contributed by atoms with E-state index in [9.17, 15) is 4.79 Å². The van der Waals surface area contributed by atoms with Crippen LogP contribution in [-0.4, -0.2) is 27.5 Å². The second-order valence-electron chi connectivity index (χ2n) is 5.39. The number of benzene rings is 1. The van der Waals surface area contributed by atoms with Crippen molar-refractivity contribution in [3.63, 3.8) is 0 Å². The molecule has 1 fully saturated rings. The van der Waals surface area contributed by atoms with Crippen LogP contribution in [0.4, 0.5) is 5.69 Å². The van der Waals surface area contributed by atoms with E-state index in [0.29, 0.717) is 11.4 Å². The van der Waals surface area contributed by atoms with Gasteiger partial charge in [0.2, 0.25) is 0 Å². The zero-order chi connectivity index (χ0) is 14.8. The maximum atomic E-state index is 12.7. The number of nitrogens with one attached hydrogen (secondary N) is 1. The quantitative estimate of drug-likeness (QED) is 0.909. The Labute approximate surface area is 124 Å². The van der Waals surface area contributed by atoms with E-state index >= 15 is 0 Å². The predicted octanol–water partition coefficient (Wildman–Crippen LogP) is 2.53. The number of rotatable bonds is 3. The summed E-state index contributed by atoms with van der Waals surface area (Å²) >= 11 is 0. The molecule has 2 heterocycles. The monoisotopic (exact) mass is 284 g/mol. The molecule has 0 radical (unpaired) electrons. The molecule has 1 aromatic heterocycles. The number of aromatic nitrogens is 2. The number of aromatic amines is 1. The van der Waals surface area contributed by atoms with Crippen LogP contribution in [0.15, 0.2) is 30.3 Å². The Balaban J connectivity index is 1.88. The SMILES string of the molecule is CCc1[nH]nc(C(=O)N2CCCC2c2ccccc2)c1N. The number of hydrogen-bond donors (Lipinski definition) is 2. The molecule has 1 aromatic carbocycles. The molecule has 5 heteroatoms. The van der Waals surface area contributed by atoms with Gasteiger partial charge in [0, 0.05) is 6.54 Å². The molecule has 110 valence electrons. The van der Waals surface area contributed by atoms with Crippen molar-refractivity contribution in [2.45, 2.75) is 32.2 Å². The first-order valence-corrected chi connectivity index (χ1v) is 7.41. The summed E-state index contributed by atoms with van der Waals surface area (Å²) in [6, 6.07) is 10.3. The van der Waals surface area contributed by atoms with E-state index in [0.717, 1.165) is 31.5 Å². The fourth-order valence-electron chi connectivity index (χ4n) is 2.99. The Kier molecular flexibility index (Phi) is 3.64. The van der Waals surface area contributed by atoms with Crippen molar-refractivity contribution in [1.29, 1.82) is 0 Å². The van der Waals surface area contributed by atoms with Crippen molar-refractivity contribution < 1.29 is 4.79 Å². The van der Waals surface area contributed by atoms with Gasteiger partial charge in [-0.05, 0) is 24.8 Å². The van der Waals surface area contributed by atoms with Crippen molar-refractivity contribution in [3.8, 4) is 0 Å². The van der Waals surface area contributed by atoms with Crippen LogP contribution < -0.4 is 5.73 Å². The van der Waals surface area contributed by atoms with Gasteiger partial charge in [0.15, 0.2) is 5.69 Å². The molecule has 5 nitrogen and oxygen atoms in total. The van der Waals surface area contributed by atoms with Crippen molar-refractivity contribution in [2.75, 3.05) is 12.3 Å².